The number of rotatable bonds is 9. The van der Waals surface area contributed by atoms with Crippen LogP contribution < -0.4 is 19.5 Å². The van der Waals surface area contributed by atoms with Gasteiger partial charge in [-0.2, -0.15) is 4.31 Å². The first-order valence-electron chi connectivity index (χ1n) is 12.2. The van der Waals surface area contributed by atoms with Gasteiger partial charge in [-0.05, 0) is 38.0 Å². The number of halogens is 1. The van der Waals surface area contributed by atoms with Crippen LogP contribution in [-0.2, 0) is 14.8 Å². The van der Waals surface area contributed by atoms with E-state index in [-0.39, 0.29) is 40.9 Å². The van der Waals surface area contributed by atoms with Gasteiger partial charge < -0.3 is 24.1 Å². The number of anilines is 1. The van der Waals surface area contributed by atoms with E-state index in [2.05, 4.69) is 10.5 Å². The van der Waals surface area contributed by atoms with E-state index in [0.29, 0.717) is 35.8 Å². The summed E-state index contributed by atoms with van der Waals surface area (Å²) in [6, 6.07) is 9.37. The SMILES string of the molecule is COc1cc(NC(=O)C2CCN(S(=O)(=O)c3c(C)noc3/C=C/c3ccccc3F)CC2)cc(OC)c1OC. The standard InChI is InChI=1S/C27H30FN3O7S/c1-17-26(22(38-30-17)10-9-18-7-5-6-8-21(18)28)39(33,34)31-13-11-19(12-14-31)27(32)29-20-15-23(35-2)25(37-4)24(16-20)36-3/h5-10,15-16,19H,11-14H2,1-4H3,(H,29,32)/b10-9+. The first-order chi connectivity index (χ1) is 18.7. The lowest BCUT2D eigenvalue weighted by Crippen LogP contribution is -2.41. The Bertz CT molecular complexity index is 1450. The molecule has 0 saturated carbocycles. The molecule has 0 atom stereocenters. The van der Waals surface area contributed by atoms with Crippen LogP contribution in [0.3, 0.4) is 0 Å². The quantitative estimate of drug-likeness (QED) is 0.411. The van der Waals surface area contributed by atoms with Crippen molar-refractivity contribution in [3.63, 3.8) is 0 Å². The second kappa shape index (κ2) is 11.9. The summed E-state index contributed by atoms with van der Waals surface area (Å²) in [5.41, 5.74) is 0.954. The molecule has 0 bridgehead atoms. The van der Waals surface area contributed by atoms with Crippen LogP contribution in [-0.4, -0.2) is 58.2 Å². The lowest BCUT2D eigenvalue weighted by molar-refractivity contribution is -0.120. The highest BCUT2D eigenvalue weighted by molar-refractivity contribution is 7.89. The number of nitrogens with zero attached hydrogens (tertiary/aromatic N) is 2. The molecule has 0 unspecified atom stereocenters. The zero-order valence-electron chi connectivity index (χ0n) is 22.1. The summed E-state index contributed by atoms with van der Waals surface area (Å²) in [7, 11) is 0.482. The lowest BCUT2D eigenvalue weighted by Gasteiger charge is -2.30. The van der Waals surface area contributed by atoms with Gasteiger partial charge in [0.25, 0.3) is 0 Å². The average Bonchev–Trinajstić information content (AvgIpc) is 3.32. The van der Waals surface area contributed by atoms with Crippen LogP contribution >= 0.6 is 0 Å². The molecule has 208 valence electrons. The Hall–Kier alpha value is -3.90. The lowest BCUT2D eigenvalue weighted by atomic mass is 9.97. The van der Waals surface area contributed by atoms with Gasteiger partial charge in [-0.15, -0.1) is 0 Å². The summed E-state index contributed by atoms with van der Waals surface area (Å²) < 4.78 is 63.6. The van der Waals surface area contributed by atoms with Crippen LogP contribution in [0.5, 0.6) is 17.2 Å². The van der Waals surface area contributed by atoms with Gasteiger partial charge in [0.2, 0.25) is 21.7 Å². The molecule has 1 fully saturated rings. The second-order valence-electron chi connectivity index (χ2n) is 8.90. The Morgan fingerprint density at radius 2 is 1.72 bits per heavy atom. The molecule has 2 heterocycles. The van der Waals surface area contributed by atoms with E-state index in [1.165, 1.54) is 50.8 Å². The van der Waals surface area contributed by atoms with Crippen LogP contribution in [0, 0.1) is 18.7 Å². The number of carbonyl (C=O) groups excluding carboxylic acids is 1. The molecule has 1 saturated heterocycles. The third kappa shape index (κ3) is 5.91. The third-order valence-electron chi connectivity index (χ3n) is 6.51. The minimum Gasteiger partial charge on any atom is -0.493 e. The largest absolute Gasteiger partial charge is 0.493 e. The van der Waals surface area contributed by atoms with Crippen molar-refractivity contribution in [2.45, 2.75) is 24.7 Å². The van der Waals surface area contributed by atoms with E-state index in [0.717, 1.165) is 0 Å². The maximum absolute atomic E-state index is 14.0. The van der Waals surface area contributed by atoms with Gasteiger partial charge >= 0.3 is 0 Å². The number of carbonyl (C=O) groups is 1. The van der Waals surface area contributed by atoms with Gasteiger partial charge in [-0.1, -0.05) is 23.4 Å². The summed E-state index contributed by atoms with van der Waals surface area (Å²) in [4.78, 5) is 12.9. The molecule has 1 aromatic heterocycles. The van der Waals surface area contributed by atoms with Crippen molar-refractivity contribution in [1.82, 2.24) is 9.46 Å². The molecule has 12 heteroatoms. The molecule has 0 radical (unpaired) electrons. The predicted molar refractivity (Wildman–Crippen MR) is 143 cm³/mol. The van der Waals surface area contributed by atoms with Crippen molar-refractivity contribution >= 4 is 33.8 Å². The monoisotopic (exact) mass is 559 g/mol. The summed E-state index contributed by atoms with van der Waals surface area (Å²) in [5, 5.41) is 6.68. The summed E-state index contributed by atoms with van der Waals surface area (Å²) in [6.45, 7) is 1.81. The Balaban J connectivity index is 1.45. The average molecular weight is 560 g/mol. The third-order valence-corrected chi connectivity index (χ3v) is 8.57. The smallest absolute Gasteiger partial charge is 0.248 e. The molecule has 1 N–H and O–H groups in total. The fourth-order valence-corrected chi connectivity index (χ4v) is 6.18. The Morgan fingerprint density at radius 3 is 2.31 bits per heavy atom. The summed E-state index contributed by atoms with van der Waals surface area (Å²) >= 11 is 0. The van der Waals surface area contributed by atoms with Gasteiger partial charge in [0.1, 0.15) is 11.5 Å². The number of aromatic nitrogens is 1. The molecule has 0 aliphatic carbocycles. The van der Waals surface area contributed by atoms with E-state index in [9.17, 15) is 17.6 Å². The number of amides is 1. The predicted octanol–water partition coefficient (Wildman–Crippen LogP) is 4.36. The maximum atomic E-state index is 14.0. The summed E-state index contributed by atoms with van der Waals surface area (Å²) in [6.07, 6.45) is 3.47. The number of methoxy groups -OCH3 is 3. The minimum absolute atomic E-state index is 0.0121. The Kier molecular flexibility index (Phi) is 8.56. The highest BCUT2D eigenvalue weighted by Crippen LogP contribution is 2.40. The van der Waals surface area contributed by atoms with Crippen LogP contribution in [0.2, 0.25) is 0 Å². The normalized spacial score (nSPS) is 14.9. The Labute approximate surface area is 226 Å². The van der Waals surface area contributed by atoms with Crippen LogP contribution in [0.1, 0.15) is 29.9 Å². The number of piperidine rings is 1. The van der Waals surface area contributed by atoms with Crippen molar-refractivity contribution in [2.24, 2.45) is 5.92 Å². The molecule has 1 amide bonds. The van der Waals surface area contributed by atoms with E-state index in [1.807, 2.05) is 0 Å². The molecule has 39 heavy (non-hydrogen) atoms. The first kappa shape index (κ1) is 28.1. The molecule has 3 aromatic rings. The van der Waals surface area contributed by atoms with Crippen molar-refractivity contribution < 1.29 is 36.3 Å². The first-order valence-corrected chi connectivity index (χ1v) is 13.6. The number of hydrogen-bond acceptors (Lipinski definition) is 8. The molecular formula is C27H30FN3O7S. The van der Waals surface area contributed by atoms with Crippen LogP contribution in [0.25, 0.3) is 12.2 Å². The molecule has 1 aliphatic rings. The number of aryl methyl sites for hydroxylation is 1. The van der Waals surface area contributed by atoms with Crippen molar-refractivity contribution in [3.8, 4) is 17.2 Å². The van der Waals surface area contributed by atoms with Gasteiger partial charge in [-0.3, -0.25) is 4.79 Å². The molecule has 0 spiro atoms. The fraction of sp³-hybridized carbons (Fsp3) is 0.333. The highest BCUT2D eigenvalue weighted by atomic mass is 32.2. The van der Waals surface area contributed by atoms with Crippen LogP contribution in [0.15, 0.2) is 45.8 Å². The fourth-order valence-electron chi connectivity index (χ4n) is 4.46. The molecule has 4 rings (SSSR count). The van der Waals surface area contributed by atoms with E-state index in [1.54, 1.807) is 30.3 Å². The zero-order valence-corrected chi connectivity index (χ0v) is 22.9. The van der Waals surface area contributed by atoms with E-state index < -0.39 is 21.8 Å². The molecule has 1 aliphatic heterocycles. The number of sulfonamides is 1. The number of hydrogen-bond donors (Lipinski definition) is 1. The minimum atomic E-state index is -3.97. The molecule has 2 aromatic carbocycles. The number of nitrogens with one attached hydrogen (secondary N) is 1. The summed E-state index contributed by atoms with van der Waals surface area (Å²) in [5.74, 6) is 0.132. The van der Waals surface area contributed by atoms with E-state index in [4.69, 9.17) is 18.7 Å². The Morgan fingerprint density at radius 1 is 1.08 bits per heavy atom. The van der Waals surface area contributed by atoms with Gasteiger partial charge in [-0.25, -0.2) is 12.8 Å². The number of ether oxygens (including phenoxy) is 3. The van der Waals surface area contributed by atoms with Crippen molar-refractivity contribution in [2.75, 3.05) is 39.7 Å². The van der Waals surface area contributed by atoms with Gasteiger partial charge in [0, 0.05) is 42.4 Å². The van der Waals surface area contributed by atoms with Crippen molar-refractivity contribution in [1.29, 1.82) is 0 Å². The molecular weight excluding hydrogens is 529 g/mol. The maximum Gasteiger partial charge on any atom is 0.248 e. The second-order valence-corrected chi connectivity index (χ2v) is 10.8. The van der Waals surface area contributed by atoms with Crippen molar-refractivity contribution in [3.05, 3.63) is 59.2 Å². The van der Waals surface area contributed by atoms with Gasteiger partial charge in [0.15, 0.2) is 22.2 Å². The van der Waals surface area contributed by atoms with E-state index >= 15 is 0 Å². The topological polar surface area (TPSA) is 120 Å². The van der Waals surface area contributed by atoms with Gasteiger partial charge in [0.05, 0.1) is 21.3 Å². The number of benzene rings is 2. The van der Waals surface area contributed by atoms with Crippen LogP contribution in [0.4, 0.5) is 10.1 Å². The highest BCUT2D eigenvalue weighted by Gasteiger charge is 2.36. The zero-order chi connectivity index (χ0) is 28.2. The molecule has 10 nitrogen and oxygen atoms in total.